The molecule has 10 heteroatoms. The van der Waals surface area contributed by atoms with E-state index in [9.17, 15) is 14.0 Å². The van der Waals surface area contributed by atoms with Crippen LogP contribution in [0, 0.1) is 0 Å². The fourth-order valence-electron chi connectivity index (χ4n) is 3.69. The van der Waals surface area contributed by atoms with Gasteiger partial charge in [0.2, 0.25) is 0 Å². The van der Waals surface area contributed by atoms with Crippen LogP contribution in [0.25, 0.3) is 22.2 Å². The number of ether oxygens (including phenoxy) is 1. The summed E-state index contributed by atoms with van der Waals surface area (Å²) in [5, 5.41) is 5.20. The Bertz CT molecular complexity index is 1170. The van der Waals surface area contributed by atoms with E-state index < -0.39 is 6.30 Å². The van der Waals surface area contributed by atoms with Crippen molar-refractivity contribution in [2.24, 2.45) is 0 Å². The van der Waals surface area contributed by atoms with Crippen LogP contribution in [0.4, 0.5) is 9.18 Å². The maximum absolute atomic E-state index is 13.5. The number of carbonyl (C=O) groups excluding carboxylic acids is 2. The van der Waals surface area contributed by atoms with Crippen LogP contribution < -0.4 is 0 Å². The van der Waals surface area contributed by atoms with E-state index in [0.29, 0.717) is 65.5 Å². The van der Waals surface area contributed by atoms with E-state index in [1.165, 1.54) is 17.8 Å². The van der Waals surface area contributed by atoms with Gasteiger partial charge in [0, 0.05) is 48.9 Å². The minimum absolute atomic E-state index is 0.138. The van der Waals surface area contributed by atoms with Gasteiger partial charge in [-0.15, -0.1) is 0 Å². The molecule has 3 heterocycles. The molecule has 174 valence electrons. The van der Waals surface area contributed by atoms with E-state index in [1.807, 2.05) is 6.92 Å². The van der Waals surface area contributed by atoms with Gasteiger partial charge in [-0.2, -0.15) is 5.10 Å². The molecule has 3 aromatic rings. The van der Waals surface area contributed by atoms with Gasteiger partial charge in [-0.25, -0.2) is 18.9 Å². The highest BCUT2D eigenvalue weighted by Gasteiger charge is 2.26. The molecule has 2 amide bonds. The molecule has 0 saturated carbocycles. The van der Waals surface area contributed by atoms with Crippen LogP contribution in [0.2, 0.25) is 5.02 Å². The van der Waals surface area contributed by atoms with Crippen molar-refractivity contribution in [2.45, 2.75) is 26.6 Å². The molecule has 1 unspecified atom stereocenters. The third kappa shape index (κ3) is 4.93. The van der Waals surface area contributed by atoms with E-state index in [0.717, 1.165) is 6.42 Å². The van der Waals surface area contributed by atoms with E-state index in [2.05, 4.69) is 10.1 Å². The van der Waals surface area contributed by atoms with Crippen molar-refractivity contribution < 1.29 is 18.7 Å². The Labute approximate surface area is 195 Å². The average molecular weight is 474 g/mol. The first kappa shape index (κ1) is 23.0. The standard InChI is InChI=1S/C23H25ClFN5O3/c1-3-10-33-23(32)29-8-6-28(7-9-29)22(31)16-4-5-18-19(24)12-20(27-21(18)11-16)17-13-26-30(14-17)15(2)25/h4-5,11-15H,3,6-10H2,1-2H3. The summed E-state index contributed by atoms with van der Waals surface area (Å²) in [7, 11) is 0. The van der Waals surface area contributed by atoms with Gasteiger partial charge >= 0.3 is 6.09 Å². The topological polar surface area (TPSA) is 80.6 Å². The molecule has 0 bridgehead atoms. The molecule has 1 aliphatic rings. The van der Waals surface area contributed by atoms with Crippen LogP contribution in [0.15, 0.2) is 36.7 Å². The smallest absolute Gasteiger partial charge is 0.409 e. The quantitative estimate of drug-likeness (QED) is 0.543. The molecule has 0 spiro atoms. The minimum atomic E-state index is -1.26. The predicted octanol–water partition coefficient (Wildman–Crippen LogP) is 4.54. The summed E-state index contributed by atoms with van der Waals surface area (Å²) in [5.41, 5.74) is 2.22. The maximum atomic E-state index is 13.5. The molecule has 1 aromatic carbocycles. The number of hydrogen-bond donors (Lipinski definition) is 0. The number of carbonyl (C=O) groups is 2. The number of hydrogen-bond acceptors (Lipinski definition) is 5. The Balaban J connectivity index is 1.52. The van der Waals surface area contributed by atoms with Gasteiger partial charge in [-0.05, 0) is 31.5 Å². The van der Waals surface area contributed by atoms with Crippen LogP contribution in [-0.2, 0) is 4.74 Å². The molecule has 8 nitrogen and oxygen atoms in total. The number of rotatable bonds is 5. The van der Waals surface area contributed by atoms with Gasteiger partial charge in [0.15, 0.2) is 6.30 Å². The van der Waals surface area contributed by atoms with Crippen LogP contribution in [0.3, 0.4) is 0 Å². The molecule has 1 atom stereocenters. The molecular formula is C23H25ClFN5O3. The normalized spacial score (nSPS) is 15.0. The second kappa shape index (κ2) is 9.74. The van der Waals surface area contributed by atoms with Crippen molar-refractivity contribution in [3.8, 4) is 11.3 Å². The number of piperazine rings is 1. The third-order valence-electron chi connectivity index (χ3n) is 5.52. The van der Waals surface area contributed by atoms with Crippen LogP contribution in [0.5, 0.6) is 0 Å². The molecule has 4 rings (SSSR count). The summed E-state index contributed by atoms with van der Waals surface area (Å²) in [4.78, 5) is 33.1. The zero-order valence-corrected chi connectivity index (χ0v) is 19.3. The van der Waals surface area contributed by atoms with Crippen LogP contribution >= 0.6 is 11.6 Å². The molecule has 1 fully saturated rings. The molecule has 33 heavy (non-hydrogen) atoms. The number of amides is 2. The Morgan fingerprint density at radius 2 is 1.91 bits per heavy atom. The number of halogens is 2. The van der Waals surface area contributed by atoms with Gasteiger partial charge in [0.05, 0.1) is 29.0 Å². The summed E-state index contributed by atoms with van der Waals surface area (Å²) < 4.78 is 19.9. The number of nitrogens with zero attached hydrogens (tertiary/aromatic N) is 5. The number of pyridine rings is 1. The second-order valence-corrected chi connectivity index (χ2v) is 8.31. The molecule has 2 aromatic heterocycles. The van der Waals surface area contributed by atoms with E-state index in [-0.39, 0.29) is 12.0 Å². The summed E-state index contributed by atoms with van der Waals surface area (Å²) in [5.74, 6) is -0.138. The van der Waals surface area contributed by atoms with Gasteiger partial charge in [-0.3, -0.25) is 4.79 Å². The molecule has 1 aliphatic heterocycles. The first-order chi connectivity index (χ1) is 15.9. The van der Waals surface area contributed by atoms with Gasteiger partial charge in [-0.1, -0.05) is 24.6 Å². The SMILES string of the molecule is CCCOC(=O)N1CCN(C(=O)c2ccc3c(Cl)cc(-c4cnn(C(C)F)c4)nc3c2)CC1. The first-order valence-corrected chi connectivity index (χ1v) is 11.2. The van der Waals surface area contributed by atoms with Crippen LogP contribution in [-0.4, -0.2) is 69.4 Å². The second-order valence-electron chi connectivity index (χ2n) is 7.90. The fourth-order valence-corrected chi connectivity index (χ4v) is 3.95. The van der Waals surface area contributed by atoms with Crippen molar-refractivity contribution in [1.29, 1.82) is 0 Å². The number of benzene rings is 1. The van der Waals surface area contributed by atoms with E-state index in [4.69, 9.17) is 16.3 Å². The molecule has 1 saturated heterocycles. The van der Waals surface area contributed by atoms with Crippen molar-refractivity contribution in [3.63, 3.8) is 0 Å². The molecule has 0 N–H and O–H groups in total. The van der Waals surface area contributed by atoms with Crippen molar-refractivity contribution in [3.05, 3.63) is 47.2 Å². The van der Waals surface area contributed by atoms with Crippen LogP contribution in [0.1, 0.15) is 36.9 Å². The van der Waals surface area contributed by atoms with Crippen molar-refractivity contribution >= 4 is 34.5 Å². The third-order valence-corrected chi connectivity index (χ3v) is 5.84. The first-order valence-electron chi connectivity index (χ1n) is 10.9. The average Bonchev–Trinajstić information content (AvgIpc) is 3.32. The Hall–Kier alpha value is -3.20. The lowest BCUT2D eigenvalue weighted by atomic mass is 10.1. The van der Waals surface area contributed by atoms with Crippen molar-refractivity contribution in [2.75, 3.05) is 32.8 Å². The molecule has 0 radical (unpaired) electrons. The lowest BCUT2D eigenvalue weighted by Gasteiger charge is -2.34. The van der Waals surface area contributed by atoms with Gasteiger partial charge in [0.1, 0.15) is 0 Å². The number of fused-ring (bicyclic) bond motifs is 1. The zero-order valence-electron chi connectivity index (χ0n) is 18.5. The largest absolute Gasteiger partial charge is 0.449 e. The summed E-state index contributed by atoms with van der Waals surface area (Å²) in [6, 6.07) is 6.90. The predicted molar refractivity (Wildman–Crippen MR) is 123 cm³/mol. The van der Waals surface area contributed by atoms with E-state index in [1.54, 1.807) is 40.3 Å². The monoisotopic (exact) mass is 473 g/mol. The maximum Gasteiger partial charge on any atom is 0.409 e. The number of alkyl halides is 1. The lowest BCUT2D eigenvalue weighted by molar-refractivity contribution is 0.0560. The molecule has 0 aliphatic carbocycles. The zero-order chi connectivity index (χ0) is 23.5. The summed E-state index contributed by atoms with van der Waals surface area (Å²) in [6.45, 7) is 5.42. The van der Waals surface area contributed by atoms with Gasteiger partial charge < -0.3 is 14.5 Å². The highest BCUT2D eigenvalue weighted by atomic mass is 35.5. The highest BCUT2D eigenvalue weighted by molar-refractivity contribution is 6.35. The summed E-state index contributed by atoms with van der Waals surface area (Å²) >= 11 is 6.46. The van der Waals surface area contributed by atoms with E-state index >= 15 is 0 Å². The Morgan fingerprint density at radius 1 is 1.18 bits per heavy atom. The van der Waals surface area contributed by atoms with Crippen molar-refractivity contribution in [1.82, 2.24) is 24.6 Å². The highest BCUT2D eigenvalue weighted by Crippen LogP contribution is 2.29. The molecular weight excluding hydrogens is 449 g/mol. The Morgan fingerprint density at radius 3 is 2.58 bits per heavy atom. The summed E-state index contributed by atoms with van der Waals surface area (Å²) in [6.07, 6.45) is 2.26. The number of aromatic nitrogens is 3. The lowest BCUT2D eigenvalue weighted by Crippen LogP contribution is -2.50. The fraction of sp³-hybridized carbons (Fsp3) is 0.391. The minimum Gasteiger partial charge on any atom is -0.449 e. The Kier molecular flexibility index (Phi) is 6.78. The van der Waals surface area contributed by atoms with Gasteiger partial charge in [0.25, 0.3) is 5.91 Å².